The normalized spacial score (nSPS) is 11.1. The number of anilines is 1. The van der Waals surface area contributed by atoms with Crippen LogP contribution in [0.1, 0.15) is 5.56 Å². The topological polar surface area (TPSA) is 108 Å². The van der Waals surface area contributed by atoms with Crippen LogP contribution in [0.5, 0.6) is 0 Å². The highest BCUT2D eigenvalue weighted by Gasteiger charge is 2.10. The molecule has 0 heterocycles. The van der Waals surface area contributed by atoms with Gasteiger partial charge in [0.05, 0.1) is 11.3 Å². The Bertz CT molecular complexity index is 515. The molecular formula is C8H11FN4O2S. The molecule has 0 radical (unpaired) electrons. The van der Waals surface area contributed by atoms with Gasteiger partial charge in [-0.25, -0.2) is 9.11 Å². The fourth-order valence-electron chi connectivity index (χ4n) is 1.00. The predicted molar refractivity (Wildman–Crippen MR) is 59.0 cm³/mol. The van der Waals surface area contributed by atoms with E-state index in [0.717, 1.165) is 12.1 Å². The molecule has 0 fully saturated rings. The summed E-state index contributed by atoms with van der Waals surface area (Å²) in [6, 6.07) is 3.41. The van der Waals surface area contributed by atoms with E-state index < -0.39 is 21.9 Å². The third-order valence-corrected chi connectivity index (χ3v) is 2.82. The molecule has 0 aliphatic carbocycles. The Morgan fingerprint density at radius 3 is 2.62 bits per heavy atom. The number of amidine groups is 1. The molecule has 1 aromatic carbocycles. The lowest BCUT2D eigenvalue weighted by Gasteiger charge is -2.08. The summed E-state index contributed by atoms with van der Waals surface area (Å²) >= 11 is 0. The van der Waals surface area contributed by atoms with Crippen LogP contribution < -0.4 is 15.2 Å². The van der Waals surface area contributed by atoms with Crippen LogP contribution in [-0.4, -0.2) is 21.3 Å². The fraction of sp³-hybridized carbons (Fsp3) is 0.125. The van der Waals surface area contributed by atoms with E-state index in [2.05, 4.69) is 4.72 Å². The second-order valence-corrected chi connectivity index (χ2v) is 4.54. The highest BCUT2D eigenvalue weighted by Crippen LogP contribution is 2.15. The molecular weight excluding hydrogens is 235 g/mol. The number of halogens is 1. The van der Waals surface area contributed by atoms with E-state index in [9.17, 15) is 12.8 Å². The number of nitrogens with one attached hydrogen (secondary N) is 3. The molecule has 88 valence electrons. The van der Waals surface area contributed by atoms with E-state index in [1.165, 1.54) is 13.1 Å². The first-order valence-corrected chi connectivity index (χ1v) is 5.69. The first kappa shape index (κ1) is 12.4. The Hall–Kier alpha value is -1.67. The number of rotatable bonds is 4. The monoisotopic (exact) mass is 246 g/mol. The molecule has 0 bridgehead atoms. The van der Waals surface area contributed by atoms with E-state index in [1.807, 2.05) is 4.72 Å². The summed E-state index contributed by atoms with van der Waals surface area (Å²) in [5.41, 5.74) is 5.10. The van der Waals surface area contributed by atoms with Crippen LogP contribution in [0.4, 0.5) is 10.1 Å². The van der Waals surface area contributed by atoms with Gasteiger partial charge in [-0.1, -0.05) is 0 Å². The SMILES string of the molecule is CNS(=O)(=O)Nc1ccc(F)c(C(=N)N)c1. The van der Waals surface area contributed by atoms with Gasteiger partial charge in [0.2, 0.25) is 0 Å². The van der Waals surface area contributed by atoms with Crippen molar-refractivity contribution in [2.24, 2.45) is 5.73 Å². The molecule has 16 heavy (non-hydrogen) atoms. The second-order valence-electron chi connectivity index (χ2n) is 2.92. The average Bonchev–Trinajstić information content (AvgIpc) is 2.20. The third-order valence-electron chi connectivity index (χ3n) is 1.78. The van der Waals surface area contributed by atoms with Crippen LogP contribution in [0.2, 0.25) is 0 Å². The van der Waals surface area contributed by atoms with Crippen LogP contribution in [0.15, 0.2) is 18.2 Å². The van der Waals surface area contributed by atoms with Crippen molar-refractivity contribution in [2.75, 3.05) is 11.8 Å². The van der Waals surface area contributed by atoms with Crippen LogP contribution in [0.3, 0.4) is 0 Å². The van der Waals surface area contributed by atoms with Gasteiger partial charge in [-0.05, 0) is 18.2 Å². The maximum absolute atomic E-state index is 13.1. The molecule has 0 aromatic heterocycles. The first-order chi connectivity index (χ1) is 7.35. The molecule has 0 aliphatic rings. The Morgan fingerprint density at radius 1 is 1.50 bits per heavy atom. The minimum Gasteiger partial charge on any atom is -0.384 e. The summed E-state index contributed by atoms with van der Waals surface area (Å²) in [6.45, 7) is 0. The van der Waals surface area contributed by atoms with Gasteiger partial charge < -0.3 is 5.73 Å². The van der Waals surface area contributed by atoms with E-state index in [4.69, 9.17) is 11.1 Å². The lowest BCUT2D eigenvalue weighted by atomic mass is 10.2. The molecule has 0 atom stereocenters. The Balaban J connectivity index is 3.09. The number of nitrogen functional groups attached to an aromatic ring is 1. The van der Waals surface area contributed by atoms with Crippen molar-refractivity contribution in [1.82, 2.24) is 4.72 Å². The van der Waals surface area contributed by atoms with Gasteiger partial charge in [0.25, 0.3) is 10.2 Å². The quantitative estimate of drug-likeness (QED) is 0.443. The number of hydrogen-bond donors (Lipinski definition) is 4. The Morgan fingerprint density at radius 2 is 2.12 bits per heavy atom. The molecule has 5 N–H and O–H groups in total. The third kappa shape index (κ3) is 2.91. The molecule has 0 aliphatic heterocycles. The maximum Gasteiger partial charge on any atom is 0.298 e. The molecule has 0 unspecified atom stereocenters. The van der Waals surface area contributed by atoms with Gasteiger partial charge in [-0.15, -0.1) is 0 Å². The zero-order chi connectivity index (χ0) is 12.3. The summed E-state index contributed by atoms with van der Waals surface area (Å²) in [5.74, 6) is -1.15. The molecule has 8 heteroatoms. The van der Waals surface area contributed by atoms with Crippen molar-refractivity contribution in [1.29, 1.82) is 5.41 Å². The molecule has 0 saturated carbocycles. The van der Waals surface area contributed by atoms with Gasteiger partial charge >= 0.3 is 0 Å². The first-order valence-electron chi connectivity index (χ1n) is 4.21. The van der Waals surface area contributed by atoms with Gasteiger partial charge in [-0.2, -0.15) is 8.42 Å². The number of hydrogen-bond acceptors (Lipinski definition) is 3. The van der Waals surface area contributed by atoms with Gasteiger partial charge in [0.15, 0.2) is 0 Å². The van der Waals surface area contributed by atoms with Crippen molar-refractivity contribution in [3.8, 4) is 0 Å². The standard InChI is InChI=1S/C8H11FN4O2S/c1-12-16(14,15)13-5-2-3-7(9)6(4-5)8(10)11/h2-4,12-13H,1H3,(H3,10,11). The minimum absolute atomic E-state index is 0.126. The van der Waals surface area contributed by atoms with Crippen molar-refractivity contribution < 1.29 is 12.8 Å². The van der Waals surface area contributed by atoms with Crippen molar-refractivity contribution >= 4 is 21.7 Å². The molecule has 6 nitrogen and oxygen atoms in total. The van der Waals surface area contributed by atoms with Crippen LogP contribution >= 0.6 is 0 Å². The zero-order valence-corrected chi connectivity index (χ0v) is 9.23. The second kappa shape index (κ2) is 4.45. The molecule has 0 spiro atoms. The lowest BCUT2D eigenvalue weighted by molar-refractivity contribution is 0.593. The largest absolute Gasteiger partial charge is 0.384 e. The number of nitrogens with two attached hydrogens (primary N) is 1. The Labute approximate surface area is 92.3 Å². The van der Waals surface area contributed by atoms with Gasteiger partial charge in [0.1, 0.15) is 11.7 Å². The summed E-state index contributed by atoms with van der Waals surface area (Å²) < 4.78 is 39.6. The Kier molecular flexibility index (Phi) is 3.45. The lowest BCUT2D eigenvalue weighted by Crippen LogP contribution is -2.26. The zero-order valence-electron chi connectivity index (χ0n) is 8.41. The van der Waals surface area contributed by atoms with Crippen LogP contribution in [-0.2, 0) is 10.2 Å². The van der Waals surface area contributed by atoms with Crippen LogP contribution in [0, 0.1) is 11.2 Å². The summed E-state index contributed by atoms with van der Waals surface area (Å²) in [6.07, 6.45) is 0. The maximum atomic E-state index is 13.1. The summed E-state index contributed by atoms with van der Waals surface area (Å²) in [4.78, 5) is 0. The van der Waals surface area contributed by atoms with Crippen LogP contribution in [0.25, 0.3) is 0 Å². The highest BCUT2D eigenvalue weighted by atomic mass is 32.2. The van der Waals surface area contributed by atoms with E-state index in [0.29, 0.717) is 0 Å². The number of benzene rings is 1. The average molecular weight is 246 g/mol. The van der Waals surface area contributed by atoms with Gasteiger partial charge in [0, 0.05) is 7.05 Å². The highest BCUT2D eigenvalue weighted by molar-refractivity contribution is 7.90. The van der Waals surface area contributed by atoms with E-state index >= 15 is 0 Å². The van der Waals surface area contributed by atoms with E-state index in [-0.39, 0.29) is 11.3 Å². The van der Waals surface area contributed by atoms with Crippen molar-refractivity contribution in [3.05, 3.63) is 29.6 Å². The molecule has 0 saturated heterocycles. The molecule has 1 rings (SSSR count). The summed E-state index contributed by atoms with van der Waals surface area (Å²) in [5, 5.41) is 7.09. The van der Waals surface area contributed by atoms with Crippen molar-refractivity contribution in [2.45, 2.75) is 0 Å². The molecule has 1 aromatic rings. The molecule has 0 amide bonds. The minimum atomic E-state index is -3.66. The van der Waals surface area contributed by atoms with Gasteiger partial charge in [-0.3, -0.25) is 10.1 Å². The fourth-order valence-corrected chi connectivity index (χ4v) is 1.54. The predicted octanol–water partition coefficient (Wildman–Crippen LogP) is -0.0141. The van der Waals surface area contributed by atoms with Crippen molar-refractivity contribution in [3.63, 3.8) is 0 Å². The smallest absolute Gasteiger partial charge is 0.298 e. The summed E-state index contributed by atoms with van der Waals surface area (Å²) in [7, 11) is -2.43. The van der Waals surface area contributed by atoms with E-state index in [1.54, 1.807) is 0 Å².